The van der Waals surface area contributed by atoms with Gasteiger partial charge in [-0.05, 0) is 61.5 Å². The Hall–Kier alpha value is -3.96. The number of ether oxygens (including phenoxy) is 1. The van der Waals surface area contributed by atoms with E-state index in [0.717, 1.165) is 37.1 Å². The molecule has 0 spiro atoms. The van der Waals surface area contributed by atoms with E-state index in [1.807, 2.05) is 43.7 Å². The molecule has 3 aromatic carbocycles. The fourth-order valence-corrected chi connectivity index (χ4v) is 3.07. The van der Waals surface area contributed by atoms with Gasteiger partial charge in [0, 0.05) is 25.6 Å². The topological polar surface area (TPSA) is 118 Å². The van der Waals surface area contributed by atoms with E-state index in [9.17, 15) is 18.4 Å². The molecule has 0 bridgehead atoms. The molecule has 0 aliphatic rings. The Kier molecular flexibility index (Phi) is 23.5. The Bertz CT molecular complexity index is 1090. The fraction of sp³-hybridized carbons (Fsp3) is 0.312. The molecular weight excluding hydrogens is 540 g/mol. The summed E-state index contributed by atoms with van der Waals surface area (Å²) >= 11 is 0. The lowest BCUT2D eigenvalue weighted by Gasteiger charge is -2.11. The largest absolute Gasteiger partial charge is 0.377 e. The zero-order valence-electron chi connectivity index (χ0n) is 24.7. The number of unbranched alkanes of at least 4 members (excludes halogenated alkanes) is 1. The molecule has 230 valence electrons. The van der Waals surface area contributed by atoms with Crippen LogP contribution in [0.1, 0.15) is 42.4 Å². The second-order valence-electron chi connectivity index (χ2n) is 8.77. The van der Waals surface area contributed by atoms with E-state index in [4.69, 9.17) is 10.6 Å². The molecule has 1 atom stereocenters. The van der Waals surface area contributed by atoms with Crippen molar-refractivity contribution in [2.24, 2.45) is 5.84 Å². The maximum atomic E-state index is 12.5. The highest BCUT2D eigenvalue weighted by atomic mass is 19.1. The van der Waals surface area contributed by atoms with Crippen molar-refractivity contribution >= 4 is 12.4 Å². The van der Waals surface area contributed by atoms with Crippen molar-refractivity contribution in [3.05, 3.63) is 120 Å². The molecule has 42 heavy (non-hydrogen) atoms. The van der Waals surface area contributed by atoms with Crippen LogP contribution in [0.2, 0.25) is 0 Å². The number of carbonyl (C=O) groups excluding carboxylic acids is 2. The molecule has 10 heteroatoms. The van der Waals surface area contributed by atoms with E-state index >= 15 is 0 Å². The lowest BCUT2D eigenvalue weighted by molar-refractivity contribution is -0.108. The quantitative estimate of drug-likeness (QED) is 0.0658. The number of halogens is 2. The van der Waals surface area contributed by atoms with Crippen LogP contribution in [0.25, 0.3) is 0 Å². The van der Waals surface area contributed by atoms with Gasteiger partial charge < -0.3 is 15.4 Å². The molecule has 6 N–H and O–H groups in total. The third kappa shape index (κ3) is 20.0. The molecule has 0 aliphatic heterocycles. The molecule has 0 unspecified atom stereocenters. The Morgan fingerprint density at radius 3 is 1.98 bits per heavy atom. The monoisotopic (exact) mass is 585 g/mol. The van der Waals surface area contributed by atoms with Crippen LogP contribution in [0.5, 0.6) is 0 Å². The first-order valence-electron chi connectivity index (χ1n) is 13.6. The Morgan fingerprint density at radius 2 is 1.50 bits per heavy atom. The van der Waals surface area contributed by atoms with E-state index in [2.05, 4.69) is 41.7 Å². The van der Waals surface area contributed by atoms with Crippen LogP contribution in [0.4, 0.5) is 13.6 Å². The molecule has 0 radical (unpaired) electrons. The maximum absolute atomic E-state index is 12.5. The Labute approximate surface area is 248 Å². The van der Waals surface area contributed by atoms with Crippen LogP contribution in [0, 0.1) is 11.6 Å². The average Bonchev–Trinajstić information content (AvgIpc) is 3.00. The van der Waals surface area contributed by atoms with Crippen molar-refractivity contribution in [1.82, 2.24) is 21.4 Å². The Balaban J connectivity index is 0.000000574. The summed E-state index contributed by atoms with van der Waals surface area (Å²) in [6.45, 7) is 8.24. The molecular formula is C32H45F2N5O3. The van der Waals surface area contributed by atoms with Crippen molar-refractivity contribution in [3.63, 3.8) is 0 Å². The number of amides is 3. The summed E-state index contributed by atoms with van der Waals surface area (Å²) in [6, 6.07) is 21.7. The van der Waals surface area contributed by atoms with Gasteiger partial charge in [0.25, 0.3) is 0 Å². The highest BCUT2D eigenvalue weighted by Crippen LogP contribution is 2.14. The van der Waals surface area contributed by atoms with Gasteiger partial charge in [-0.3, -0.25) is 21.4 Å². The first kappa shape index (κ1) is 38.0. The third-order valence-corrected chi connectivity index (χ3v) is 5.23. The van der Waals surface area contributed by atoms with Gasteiger partial charge in [0.05, 0.1) is 6.61 Å². The first-order chi connectivity index (χ1) is 20.3. The number of imide groups is 1. The van der Waals surface area contributed by atoms with Gasteiger partial charge >= 0.3 is 6.03 Å². The van der Waals surface area contributed by atoms with Crippen LogP contribution >= 0.6 is 0 Å². The van der Waals surface area contributed by atoms with Crippen molar-refractivity contribution in [3.8, 4) is 0 Å². The molecule has 8 nitrogen and oxygen atoms in total. The summed E-state index contributed by atoms with van der Waals surface area (Å²) < 4.78 is 30.3. The summed E-state index contributed by atoms with van der Waals surface area (Å²) in [6.07, 6.45) is 4.42. The Morgan fingerprint density at radius 1 is 0.952 bits per heavy atom. The summed E-state index contributed by atoms with van der Waals surface area (Å²) in [7, 11) is 3.75. The number of hydrogen-bond acceptors (Lipinski definition) is 6. The third-order valence-electron chi connectivity index (χ3n) is 5.23. The van der Waals surface area contributed by atoms with Crippen molar-refractivity contribution in [1.29, 1.82) is 0 Å². The number of nitrogens with one attached hydrogen (secondary N) is 4. The molecule has 0 heterocycles. The number of urea groups is 1. The zero-order valence-corrected chi connectivity index (χ0v) is 24.7. The van der Waals surface area contributed by atoms with Crippen LogP contribution < -0.4 is 27.2 Å². The predicted molar refractivity (Wildman–Crippen MR) is 165 cm³/mol. The van der Waals surface area contributed by atoms with Gasteiger partial charge in [-0.25, -0.2) is 13.6 Å². The number of hydrazine groups is 1. The minimum Gasteiger partial charge on any atom is -0.377 e. The number of rotatable bonds is 12. The molecule has 0 fully saturated rings. The standard InChI is InChI=1S/C11H15FO.C10H14N2.C9H9FN2O2.C2H7N/c1-2-3-8-13-9-10-4-6-11(12)7-5-10;1-2-9(8-12-11)10-6-4-3-5-7-10;10-8-3-1-7(2-4-8)5-11-9(14)12-6-13;1-3-2/h4-7H,2-3,8-9H2,1H3;2-7,9,12H,1,8,11H2;1-4,6H,5H2,(H2,11,12,13,14);3H,1-2H3/t;9-;;/m.0../s1. The zero-order chi connectivity index (χ0) is 31.4. The van der Waals surface area contributed by atoms with E-state index < -0.39 is 6.03 Å². The van der Waals surface area contributed by atoms with Crippen LogP contribution in [0.15, 0.2) is 91.5 Å². The lowest BCUT2D eigenvalue weighted by atomic mass is 10.00. The molecule has 3 rings (SSSR count). The van der Waals surface area contributed by atoms with Crippen LogP contribution in [-0.4, -0.2) is 39.7 Å². The molecule has 3 aromatic rings. The maximum Gasteiger partial charge on any atom is 0.321 e. The number of nitrogens with two attached hydrogens (primary N) is 1. The molecule has 0 saturated heterocycles. The highest BCUT2D eigenvalue weighted by molar-refractivity contribution is 5.84. The predicted octanol–water partition coefficient (Wildman–Crippen LogP) is 5.18. The van der Waals surface area contributed by atoms with E-state index in [1.54, 1.807) is 24.3 Å². The summed E-state index contributed by atoms with van der Waals surface area (Å²) in [5.41, 5.74) is 5.67. The van der Waals surface area contributed by atoms with Crippen molar-refractivity contribution < 1.29 is 23.1 Å². The van der Waals surface area contributed by atoms with Gasteiger partial charge in [0.1, 0.15) is 11.6 Å². The fourth-order valence-electron chi connectivity index (χ4n) is 3.07. The molecule has 0 aliphatic carbocycles. The second-order valence-corrected chi connectivity index (χ2v) is 8.77. The highest BCUT2D eigenvalue weighted by Gasteiger charge is 2.04. The van der Waals surface area contributed by atoms with Gasteiger partial charge in [0.15, 0.2) is 0 Å². The lowest BCUT2D eigenvalue weighted by Crippen LogP contribution is -2.33. The smallest absolute Gasteiger partial charge is 0.321 e. The van der Waals surface area contributed by atoms with Crippen LogP contribution in [0.3, 0.4) is 0 Å². The number of hydrogen-bond donors (Lipinski definition) is 5. The number of carbonyl (C=O) groups is 2. The summed E-state index contributed by atoms with van der Waals surface area (Å²) in [4.78, 5) is 20.6. The number of benzene rings is 3. The van der Waals surface area contributed by atoms with Gasteiger partial charge in [-0.1, -0.05) is 74.0 Å². The molecule has 3 amide bonds. The average molecular weight is 586 g/mol. The van der Waals surface area contributed by atoms with Crippen LogP contribution in [-0.2, 0) is 22.7 Å². The molecule has 0 saturated carbocycles. The van der Waals surface area contributed by atoms with Crippen molar-refractivity contribution in [2.75, 3.05) is 27.2 Å². The summed E-state index contributed by atoms with van der Waals surface area (Å²) in [5, 5.41) is 7.09. The SMILES string of the molecule is C=C[C@@H](CNN)c1ccccc1.CCCCOCc1ccc(F)cc1.CNC.O=CNC(=O)NCc1ccc(F)cc1. The summed E-state index contributed by atoms with van der Waals surface area (Å²) in [5.74, 6) is 5.02. The van der Waals surface area contributed by atoms with E-state index in [0.29, 0.717) is 18.9 Å². The second kappa shape index (κ2) is 26.0. The van der Waals surface area contributed by atoms with E-state index in [-0.39, 0.29) is 18.2 Å². The minimum atomic E-state index is -0.579. The van der Waals surface area contributed by atoms with Crippen molar-refractivity contribution in [2.45, 2.75) is 38.8 Å². The van der Waals surface area contributed by atoms with Gasteiger partial charge in [-0.15, -0.1) is 6.58 Å². The van der Waals surface area contributed by atoms with Gasteiger partial charge in [-0.2, -0.15) is 0 Å². The molecule has 0 aromatic heterocycles. The van der Waals surface area contributed by atoms with Gasteiger partial charge in [0.2, 0.25) is 6.41 Å². The minimum absolute atomic E-state index is 0.197. The normalized spacial score (nSPS) is 10.2. The van der Waals surface area contributed by atoms with E-state index in [1.165, 1.54) is 29.8 Å². The first-order valence-corrected chi connectivity index (χ1v) is 13.6.